The lowest BCUT2D eigenvalue weighted by molar-refractivity contribution is -0.771. The van der Waals surface area contributed by atoms with Gasteiger partial charge in [-0.25, -0.2) is 4.98 Å². The van der Waals surface area contributed by atoms with Crippen LogP contribution in [0.15, 0.2) is 24.5 Å². The van der Waals surface area contributed by atoms with Crippen LogP contribution in [0.5, 0.6) is 5.75 Å². The number of aromatic nitrogens is 2. The Morgan fingerprint density at radius 2 is 2.15 bits per heavy atom. The summed E-state index contributed by atoms with van der Waals surface area (Å²) in [6, 6.07) is 5.61. The van der Waals surface area contributed by atoms with E-state index >= 15 is 0 Å². The van der Waals surface area contributed by atoms with Crippen LogP contribution in [0.4, 0.5) is 0 Å². The Hall–Kier alpha value is -2.92. The van der Waals surface area contributed by atoms with Gasteiger partial charge in [-0.05, 0) is 44.7 Å². The highest BCUT2D eigenvalue weighted by molar-refractivity contribution is 5.81. The number of nitrogens with one attached hydrogen (secondary N) is 2. The fourth-order valence-electron chi connectivity index (χ4n) is 4.28. The average molecular weight is 478 g/mol. The average Bonchev–Trinajstić information content (AvgIpc) is 3.17. The summed E-state index contributed by atoms with van der Waals surface area (Å²) in [6.45, 7) is 4.60. The van der Waals surface area contributed by atoms with Gasteiger partial charge in [0, 0.05) is 32.1 Å². The van der Waals surface area contributed by atoms with Crippen molar-refractivity contribution in [1.82, 2.24) is 20.2 Å². The van der Waals surface area contributed by atoms with Crippen LogP contribution in [0.3, 0.4) is 0 Å². The van der Waals surface area contributed by atoms with Gasteiger partial charge in [0.15, 0.2) is 0 Å². The van der Waals surface area contributed by atoms with Crippen LogP contribution in [0.25, 0.3) is 11.0 Å². The molecule has 1 amide bonds. The molecule has 1 aromatic carbocycles. The maximum atomic E-state index is 12.5. The molecule has 11 nitrogen and oxygen atoms in total. The monoisotopic (exact) mass is 477 g/mol. The first kappa shape index (κ1) is 25.7. The summed E-state index contributed by atoms with van der Waals surface area (Å²) in [6.07, 6.45) is 3.80. The minimum absolute atomic E-state index is 0.110. The van der Waals surface area contributed by atoms with Crippen LogP contribution in [0, 0.1) is 16.0 Å². The molecule has 1 aliphatic carbocycles. The van der Waals surface area contributed by atoms with E-state index in [9.17, 15) is 20.0 Å². The van der Waals surface area contributed by atoms with Crippen LogP contribution < -0.4 is 15.4 Å². The molecule has 2 aromatic rings. The van der Waals surface area contributed by atoms with E-state index in [1.165, 1.54) is 0 Å². The number of para-hydroxylation sites is 1. The van der Waals surface area contributed by atoms with E-state index in [2.05, 4.69) is 15.6 Å². The molecule has 0 bridgehead atoms. The predicted octanol–water partition coefficient (Wildman–Crippen LogP) is 1.95. The summed E-state index contributed by atoms with van der Waals surface area (Å²) < 4.78 is 7.70. The second-order valence-electron chi connectivity index (χ2n) is 9.60. The van der Waals surface area contributed by atoms with Gasteiger partial charge in [0.1, 0.15) is 30.1 Å². The van der Waals surface area contributed by atoms with E-state index in [0.29, 0.717) is 18.7 Å². The number of hydrogen-bond acceptors (Lipinski definition) is 8. The molecule has 1 heterocycles. The van der Waals surface area contributed by atoms with Crippen LogP contribution in [-0.2, 0) is 16.7 Å². The van der Waals surface area contributed by atoms with Gasteiger partial charge in [-0.3, -0.25) is 4.79 Å². The van der Waals surface area contributed by atoms with Crippen LogP contribution >= 0.6 is 0 Å². The number of ether oxygens (including phenoxy) is 1. The highest BCUT2D eigenvalue weighted by Gasteiger charge is 2.30. The number of fused-ring (bicyclic) bond motifs is 1. The van der Waals surface area contributed by atoms with E-state index < -0.39 is 22.8 Å². The minimum atomic E-state index is -0.764. The van der Waals surface area contributed by atoms with Gasteiger partial charge >= 0.3 is 0 Å². The molecule has 3 atom stereocenters. The maximum Gasteiger partial charge on any atom is 0.294 e. The van der Waals surface area contributed by atoms with Crippen molar-refractivity contribution in [2.45, 2.75) is 63.7 Å². The molecule has 34 heavy (non-hydrogen) atoms. The smallest absolute Gasteiger partial charge is 0.294 e. The largest absolute Gasteiger partial charge is 0.489 e. The van der Waals surface area contributed by atoms with Crippen LogP contribution in [0.1, 0.15) is 46.0 Å². The van der Waals surface area contributed by atoms with Crippen molar-refractivity contribution in [3.8, 4) is 5.75 Å². The van der Waals surface area contributed by atoms with E-state index in [1.54, 1.807) is 6.33 Å². The molecule has 1 unspecified atom stereocenters. The molecule has 0 aliphatic heterocycles. The molecule has 3 N–H and O–H groups in total. The van der Waals surface area contributed by atoms with Crippen molar-refractivity contribution in [3.05, 3.63) is 34.6 Å². The number of hydrogen-bond donors (Lipinski definition) is 3. The predicted molar refractivity (Wildman–Crippen MR) is 126 cm³/mol. The Morgan fingerprint density at radius 3 is 2.91 bits per heavy atom. The molecule has 1 aromatic heterocycles. The highest BCUT2D eigenvalue weighted by atomic mass is 17.0. The number of aliphatic hydroxyl groups excluding tert-OH is 1. The highest BCUT2D eigenvalue weighted by Crippen LogP contribution is 2.29. The normalized spacial score (nSPS) is 19.5. The fourth-order valence-corrected chi connectivity index (χ4v) is 4.28. The molecular formula is C23H35N5O6. The van der Waals surface area contributed by atoms with Gasteiger partial charge in [0.2, 0.25) is 5.91 Å². The third-order valence-corrected chi connectivity index (χ3v) is 6.18. The lowest BCUT2D eigenvalue weighted by Gasteiger charge is -2.31. The van der Waals surface area contributed by atoms with Crippen LogP contribution in [0.2, 0.25) is 0 Å². The molecule has 11 heteroatoms. The maximum absolute atomic E-state index is 12.5. The zero-order chi connectivity index (χ0) is 24.7. The van der Waals surface area contributed by atoms with Crippen molar-refractivity contribution in [2.75, 3.05) is 19.7 Å². The van der Waals surface area contributed by atoms with Crippen molar-refractivity contribution in [1.29, 1.82) is 0 Å². The van der Waals surface area contributed by atoms with Gasteiger partial charge < -0.3 is 29.9 Å². The number of nitrogens with zero attached hydrogens (tertiary/aromatic N) is 3. The number of aryl methyl sites for hydroxylation is 1. The Morgan fingerprint density at radius 1 is 1.38 bits per heavy atom. The van der Waals surface area contributed by atoms with Gasteiger partial charge in [-0.15, -0.1) is 10.1 Å². The van der Waals surface area contributed by atoms with E-state index in [0.717, 1.165) is 30.3 Å². The van der Waals surface area contributed by atoms with Crippen LogP contribution in [-0.4, -0.2) is 63.1 Å². The van der Waals surface area contributed by atoms with Gasteiger partial charge in [-0.2, -0.15) is 0 Å². The first-order valence-electron chi connectivity index (χ1n) is 11.7. The second-order valence-corrected chi connectivity index (χ2v) is 9.60. The number of imidazole rings is 1. The molecule has 3 rings (SSSR count). The fraction of sp³-hybridized carbons (Fsp3) is 0.652. The molecule has 0 radical (unpaired) electrons. The van der Waals surface area contributed by atoms with Gasteiger partial charge in [0.05, 0.1) is 11.8 Å². The number of carbonyl (C=O) groups excluding carboxylic acids is 1. The first-order valence-corrected chi connectivity index (χ1v) is 11.7. The summed E-state index contributed by atoms with van der Waals surface area (Å²) in [5.74, 6) is 0.343. The molecule has 0 spiro atoms. The van der Waals surface area contributed by atoms with Crippen molar-refractivity contribution >= 4 is 16.9 Å². The van der Waals surface area contributed by atoms with E-state index in [-0.39, 0.29) is 31.4 Å². The van der Waals surface area contributed by atoms with Crippen molar-refractivity contribution < 1.29 is 24.6 Å². The lowest BCUT2D eigenvalue weighted by atomic mass is 9.84. The SMILES string of the molecule is Cn1cnc2cccc(OCC(O)CNC(C)(C)CNC(=O)C[C@@H]3CCCC[C@H]3O[N+](=O)[O-])c21. The van der Waals surface area contributed by atoms with Gasteiger partial charge in [-0.1, -0.05) is 18.9 Å². The molecule has 0 saturated heterocycles. The third kappa shape index (κ3) is 7.29. The van der Waals surface area contributed by atoms with E-state index in [1.807, 2.05) is 43.7 Å². The third-order valence-electron chi connectivity index (χ3n) is 6.18. The number of aliphatic hydroxyl groups is 1. The first-order chi connectivity index (χ1) is 16.1. The van der Waals surface area contributed by atoms with Gasteiger partial charge in [0.25, 0.3) is 5.09 Å². The number of amides is 1. The standard InChI is InChI=1S/C23H35N5O6/c1-23(2,14-24-21(30)11-16-7-4-5-9-19(16)34-28(31)32)26-12-17(29)13-33-20-10-6-8-18-22(20)27(3)15-25-18/h6,8,10,15-17,19,26,29H,4-5,7,9,11-14H2,1-3H3,(H,24,30)/t16-,17?,19+/m0/s1. The minimum Gasteiger partial charge on any atom is -0.489 e. The van der Waals surface area contributed by atoms with Crippen molar-refractivity contribution in [2.24, 2.45) is 13.0 Å². The van der Waals surface area contributed by atoms with E-state index in [4.69, 9.17) is 9.57 Å². The Bertz CT molecular complexity index is 978. The molecule has 188 valence electrons. The molecule has 1 aliphatic rings. The topological polar surface area (TPSA) is 141 Å². The second kappa shape index (κ2) is 11.5. The number of β-amino-alcohol motifs (C(OH)–C–C–N with tert-alkyl or cyclic N) is 1. The summed E-state index contributed by atoms with van der Waals surface area (Å²) in [4.78, 5) is 32.3. The lowest BCUT2D eigenvalue weighted by Crippen LogP contribution is -2.52. The molecule has 1 saturated carbocycles. The quantitative estimate of drug-likeness (QED) is 0.311. The van der Waals surface area contributed by atoms with Crippen molar-refractivity contribution in [3.63, 3.8) is 0 Å². The summed E-state index contributed by atoms with van der Waals surface area (Å²) >= 11 is 0. The zero-order valence-corrected chi connectivity index (χ0v) is 20.0. The number of benzene rings is 1. The number of carbonyl (C=O) groups is 1. The Kier molecular flexibility index (Phi) is 8.67. The summed E-state index contributed by atoms with van der Waals surface area (Å²) in [5, 5.41) is 26.5. The Balaban J connectivity index is 1.40. The summed E-state index contributed by atoms with van der Waals surface area (Å²) in [7, 11) is 1.89. The molecule has 1 fully saturated rings. The Labute approximate surface area is 198 Å². The zero-order valence-electron chi connectivity index (χ0n) is 20.0. The number of rotatable bonds is 12. The molecular weight excluding hydrogens is 442 g/mol. The summed E-state index contributed by atoms with van der Waals surface area (Å²) in [5.41, 5.74) is 1.23.